The summed E-state index contributed by atoms with van der Waals surface area (Å²) in [5.41, 5.74) is -1.90. The van der Waals surface area contributed by atoms with Crippen LogP contribution in [0.5, 0.6) is 0 Å². The first-order valence-electron chi connectivity index (χ1n) is 22.5. The Kier molecular flexibility index (Phi) is 23.8. The quantitative estimate of drug-likeness (QED) is 0.0383. The van der Waals surface area contributed by atoms with Crippen molar-refractivity contribution in [2.24, 2.45) is 22.2 Å². The van der Waals surface area contributed by atoms with Crippen LogP contribution in [0.15, 0.2) is 12.7 Å². The van der Waals surface area contributed by atoms with Gasteiger partial charge in [-0.15, -0.1) is 15.2 Å². The monoisotopic (exact) mass is 815 g/mol. The zero-order valence-electron chi connectivity index (χ0n) is 40.8. The molecule has 0 spiro atoms. The van der Waals surface area contributed by atoms with E-state index in [0.29, 0.717) is 32.0 Å². The number of ether oxygens (including phenoxy) is 4. The summed E-state index contributed by atoms with van der Waals surface area (Å²) in [7, 11) is 0.924. The van der Waals surface area contributed by atoms with Crippen LogP contribution < -0.4 is 0 Å². The summed E-state index contributed by atoms with van der Waals surface area (Å²) in [6, 6.07) is 0. The fraction of sp³-hybridized carbons (Fsp3) is 0.959. The van der Waals surface area contributed by atoms with Crippen molar-refractivity contribution in [2.75, 3.05) is 38.8 Å². The number of hydrogen-bond donors (Lipinski definition) is 2. The van der Waals surface area contributed by atoms with Gasteiger partial charge in [0.25, 0.3) is 0 Å². The molecule has 0 fully saturated rings. The van der Waals surface area contributed by atoms with E-state index in [-0.39, 0.29) is 38.6 Å². The molecule has 0 saturated carbocycles. The molecule has 0 aliphatic rings. The van der Waals surface area contributed by atoms with Gasteiger partial charge in [-0.2, -0.15) is 0 Å². The summed E-state index contributed by atoms with van der Waals surface area (Å²) < 4.78 is 25.6. The van der Waals surface area contributed by atoms with E-state index in [0.717, 1.165) is 79.3 Å². The van der Waals surface area contributed by atoms with Gasteiger partial charge in [-0.1, -0.05) is 66.9 Å². The van der Waals surface area contributed by atoms with Gasteiger partial charge in [0.15, 0.2) is 0 Å². The Morgan fingerprint density at radius 1 is 0.518 bits per heavy atom. The third-order valence-corrected chi connectivity index (χ3v) is 14.8. The molecule has 0 saturated heterocycles. The van der Waals surface area contributed by atoms with Crippen molar-refractivity contribution >= 4 is 8.58 Å². The molecule has 6 nitrogen and oxygen atoms in total. The lowest BCUT2D eigenvalue weighted by molar-refractivity contribution is -0.114. The maximum atomic E-state index is 10.1. The smallest absolute Gasteiger partial charge is 0.0677 e. The Morgan fingerprint density at radius 2 is 0.929 bits per heavy atom. The minimum atomic E-state index is -0.701. The maximum Gasteiger partial charge on any atom is 0.0677 e. The molecule has 0 heterocycles. The van der Waals surface area contributed by atoms with Crippen LogP contribution in [0.25, 0.3) is 0 Å². The zero-order valence-corrected chi connectivity index (χ0v) is 41.8. The summed E-state index contributed by atoms with van der Waals surface area (Å²) in [5, 5.41) is 20.1. The molecule has 0 aromatic rings. The highest BCUT2D eigenvalue weighted by molar-refractivity contribution is 7.38. The Balaban J connectivity index is 4.71. The average molecular weight is 815 g/mol. The van der Waals surface area contributed by atoms with Gasteiger partial charge < -0.3 is 29.2 Å². The molecule has 336 valence electrons. The molecule has 0 radical (unpaired) electrons. The van der Waals surface area contributed by atoms with Crippen LogP contribution in [0.1, 0.15) is 208 Å². The second kappa shape index (κ2) is 23.8. The number of rotatable bonds is 34. The molecular formula is C49H99O6P. The molecule has 0 amide bonds. The second-order valence-electron chi connectivity index (χ2n) is 22.8. The maximum absolute atomic E-state index is 10.1. The van der Waals surface area contributed by atoms with E-state index in [1.807, 2.05) is 27.7 Å². The third kappa shape index (κ3) is 24.9. The molecule has 0 aliphatic heterocycles. The van der Waals surface area contributed by atoms with Crippen molar-refractivity contribution in [3.63, 3.8) is 0 Å². The topological polar surface area (TPSA) is 77.4 Å². The van der Waals surface area contributed by atoms with Crippen molar-refractivity contribution in [1.29, 1.82) is 0 Å². The zero-order chi connectivity index (χ0) is 43.8. The van der Waals surface area contributed by atoms with Crippen LogP contribution in [-0.4, -0.2) is 82.6 Å². The van der Waals surface area contributed by atoms with Gasteiger partial charge in [-0.05, 0) is 182 Å². The van der Waals surface area contributed by atoms with Gasteiger partial charge >= 0.3 is 0 Å². The van der Waals surface area contributed by atoms with Crippen LogP contribution in [0.3, 0.4) is 0 Å². The van der Waals surface area contributed by atoms with E-state index in [4.69, 9.17) is 18.9 Å². The Bertz CT molecular complexity index is 1060. The molecule has 3 atom stereocenters. The number of hydrogen-bond acceptors (Lipinski definition) is 6. The van der Waals surface area contributed by atoms with Gasteiger partial charge in [-0.3, -0.25) is 0 Å². The van der Waals surface area contributed by atoms with E-state index in [2.05, 4.69) is 110 Å². The van der Waals surface area contributed by atoms with Crippen molar-refractivity contribution < 1.29 is 29.2 Å². The standard InChI is InChI=1S/C49H99O6P/c1-20-40(2)37-49(19,38-45(11,12)52-32-24-21-27-41(3,4)47(15,16)54-34-30-43(7,8)50)29-23-26-36-56-39-46(13,14)53-33-25-22-28-42(5,6)48(17,18)55-35-31-44(9,10)51/h20,40,50-51,56H,1,21-39H2,2-19H3. The van der Waals surface area contributed by atoms with E-state index in [1.165, 1.54) is 25.4 Å². The Hall–Kier alpha value is -0.0700. The first-order valence-corrected chi connectivity index (χ1v) is 23.9. The van der Waals surface area contributed by atoms with Crippen LogP contribution in [-0.2, 0) is 18.9 Å². The van der Waals surface area contributed by atoms with E-state index in [1.54, 1.807) is 0 Å². The lowest BCUT2D eigenvalue weighted by Crippen LogP contribution is -2.42. The van der Waals surface area contributed by atoms with Gasteiger partial charge in [0.05, 0.1) is 46.8 Å². The summed E-state index contributed by atoms with van der Waals surface area (Å²) in [6.45, 7) is 46.0. The number of aliphatic hydroxyl groups is 2. The van der Waals surface area contributed by atoms with Crippen LogP contribution >= 0.6 is 8.58 Å². The second-order valence-corrected chi connectivity index (χ2v) is 24.1. The Morgan fingerprint density at radius 3 is 1.34 bits per heavy atom. The first-order chi connectivity index (χ1) is 25.2. The minimum absolute atomic E-state index is 0.0246. The molecule has 0 aromatic carbocycles. The van der Waals surface area contributed by atoms with Crippen molar-refractivity contribution in [3.05, 3.63) is 12.7 Å². The summed E-state index contributed by atoms with van der Waals surface area (Å²) in [4.78, 5) is 0. The third-order valence-electron chi connectivity index (χ3n) is 13.0. The van der Waals surface area contributed by atoms with Crippen molar-refractivity contribution in [2.45, 2.75) is 242 Å². The number of unbranched alkanes of at least 4 members (excludes halogenated alkanes) is 3. The molecule has 0 rings (SSSR count). The van der Waals surface area contributed by atoms with Gasteiger partial charge in [-0.25, -0.2) is 0 Å². The molecule has 0 aliphatic carbocycles. The molecule has 3 unspecified atom stereocenters. The van der Waals surface area contributed by atoms with Crippen LogP contribution in [0, 0.1) is 22.2 Å². The number of allylic oxidation sites excluding steroid dienone is 1. The highest BCUT2D eigenvalue weighted by atomic mass is 31.1. The fourth-order valence-corrected chi connectivity index (χ4v) is 8.96. The molecule has 56 heavy (non-hydrogen) atoms. The fourth-order valence-electron chi connectivity index (χ4n) is 7.58. The highest BCUT2D eigenvalue weighted by Crippen LogP contribution is 2.43. The predicted octanol–water partition coefficient (Wildman–Crippen LogP) is 13.3. The van der Waals surface area contributed by atoms with Gasteiger partial charge in [0.2, 0.25) is 0 Å². The minimum Gasteiger partial charge on any atom is -0.390 e. The molecule has 2 N–H and O–H groups in total. The largest absolute Gasteiger partial charge is 0.390 e. The lowest BCUT2D eigenvalue weighted by atomic mass is 9.71. The van der Waals surface area contributed by atoms with Crippen LogP contribution in [0.2, 0.25) is 0 Å². The average Bonchev–Trinajstić information content (AvgIpc) is 3.00. The summed E-state index contributed by atoms with van der Waals surface area (Å²) in [6.07, 6.45) is 18.2. The lowest BCUT2D eigenvalue weighted by Gasteiger charge is -2.42. The van der Waals surface area contributed by atoms with E-state index >= 15 is 0 Å². The predicted molar refractivity (Wildman–Crippen MR) is 246 cm³/mol. The summed E-state index contributed by atoms with van der Waals surface area (Å²) >= 11 is 0. The molecule has 0 bridgehead atoms. The SMILES string of the molecule is C=CC(C)CC(C)(CCCCPCC(C)(C)OCCCCC(C)(C)C(C)(C)OCCC(C)(C)O)CC(C)(C)OCCCCC(C)(C)C(C)(C)OCCC(C)(C)O. The Labute approximate surface area is 352 Å². The molecule has 0 aromatic heterocycles. The van der Waals surface area contributed by atoms with E-state index < -0.39 is 11.2 Å². The van der Waals surface area contributed by atoms with Gasteiger partial charge in [0, 0.05) is 13.2 Å². The van der Waals surface area contributed by atoms with E-state index in [9.17, 15) is 10.2 Å². The molecule has 7 heteroatoms. The first kappa shape index (κ1) is 55.9. The van der Waals surface area contributed by atoms with Crippen LogP contribution in [0.4, 0.5) is 0 Å². The normalized spacial score (nSPS) is 16.1. The highest BCUT2D eigenvalue weighted by Gasteiger charge is 2.39. The van der Waals surface area contributed by atoms with Gasteiger partial charge in [0.1, 0.15) is 0 Å². The summed E-state index contributed by atoms with van der Waals surface area (Å²) in [5.74, 6) is 0.488. The van der Waals surface area contributed by atoms with Crippen molar-refractivity contribution in [3.8, 4) is 0 Å². The van der Waals surface area contributed by atoms with Crippen molar-refractivity contribution in [1.82, 2.24) is 0 Å². The molecular weight excluding hydrogens is 716 g/mol.